The van der Waals surface area contributed by atoms with Gasteiger partial charge in [0.05, 0.1) is 27.9 Å². The van der Waals surface area contributed by atoms with Gasteiger partial charge in [-0.2, -0.15) is 0 Å². The van der Waals surface area contributed by atoms with E-state index in [1.54, 1.807) is 21.3 Å². The molecular weight excluding hydrogens is 432 g/mol. The molecule has 0 aliphatic carbocycles. The molecule has 0 bridgehead atoms. The topological polar surface area (TPSA) is 60.5 Å². The summed E-state index contributed by atoms with van der Waals surface area (Å²) in [6, 6.07) is 12.5. The molecule has 7 heteroatoms. The molecule has 7 nitrogen and oxygen atoms in total. The van der Waals surface area contributed by atoms with E-state index in [4.69, 9.17) is 18.9 Å². The lowest BCUT2D eigenvalue weighted by Gasteiger charge is -2.47. The molecule has 0 N–H and O–H groups in total. The predicted octanol–water partition coefficient (Wildman–Crippen LogP) is 4.12. The smallest absolute Gasteiger partial charge is 0.223 e. The minimum Gasteiger partial charge on any atom is -0.494 e. The molecule has 2 aliphatic rings. The van der Waals surface area contributed by atoms with Crippen LogP contribution in [0.5, 0.6) is 23.0 Å². The first-order valence-electron chi connectivity index (χ1n) is 12.1. The van der Waals surface area contributed by atoms with Crippen LogP contribution in [-0.2, 0) is 17.9 Å². The van der Waals surface area contributed by atoms with Gasteiger partial charge in [0, 0.05) is 38.6 Å². The van der Waals surface area contributed by atoms with Gasteiger partial charge < -0.3 is 23.8 Å². The summed E-state index contributed by atoms with van der Waals surface area (Å²) in [5, 5.41) is 0. The maximum atomic E-state index is 13.0. The van der Waals surface area contributed by atoms with Crippen molar-refractivity contribution in [1.29, 1.82) is 0 Å². The molecule has 2 heterocycles. The van der Waals surface area contributed by atoms with Crippen molar-refractivity contribution in [3.05, 3.63) is 47.5 Å². The summed E-state index contributed by atoms with van der Waals surface area (Å²) in [6.07, 6.45) is 2.54. The number of methoxy groups -OCH3 is 3. The van der Waals surface area contributed by atoms with Crippen molar-refractivity contribution in [2.24, 2.45) is 5.92 Å². The van der Waals surface area contributed by atoms with Crippen LogP contribution in [0, 0.1) is 5.92 Å². The largest absolute Gasteiger partial charge is 0.494 e. The van der Waals surface area contributed by atoms with E-state index < -0.39 is 0 Å². The number of rotatable bonds is 9. The Labute approximate surface area is 202 Å². The van der Waals surface area contributed by atoms with Crippen molar-refractivity contribution < 1.29 is 23.7 Å². The van der Waals surface area contributed by atoms with Crippen LogP contribution in [0.3, 0.4) is 0 Å². The highest BCUT2D eigenvalue weighted by Crippen LogP contribution is 2.40. The fourth-order valence-corrected chi connectivity index (χ4v) is 5.31. The molecule has 2 aliphatic heterocycles. The van der Waals surface area contributed by atoms with E-state index in [9.17, 15) is 4.79 Å². The standard InChI is InChI=1S/C27H36N2O5/c1-5-34-22-9-6-19(7-10-22)16-28-13-12-23-21(18-28)8-11-26(30)29(23)17-20-14-24(31-2)27(33-4)25(15-20)32-3/h6-7,9-10,14-15,21,23H,5,8,11-13,16-18H2,1-4H3/t21-,23+/m1/s1. The highest BCUT2D eigenvalue weighted by atomic mass is 16.5. The number of hydrogen-bond acceptors (Lipinski definition) is 6. The summed E-state index contributed by atoms with van der Waals surface area (Å²) in [7, 11) is 4.83. The molecular formula is C27H36N2O5. The maximum Gasteiger partial charge on any atom is 0.223 e. The Kier molecular flexibility index (Phi) is 7.83. The number of ether oxygens (including phenoxy) is 4. The Morgan fingerprint density at radius 3 is 2.24 bits per heavy atom. The third-order valence-electron chi connectivity index (χ3n) is 6.95. The second kappa shape index (κ2) is 11.0. The lowest BCUT2D eigenvalue weighted by atomic mass is 9.83. The van der Waals surface area contributed by atoms with Gasteiger partial charge in [0.25, 0.3) is 0 Å². The number of benzene rings is 2. The Bertz CT molecular complexity index is 952. The van der Waals surface area contributed by atoms with E-state index in [0.29, 0.717) is 42.7 Å². The number of hydrogen-bond donors (Lipinski definition) is 0. The second-order valence-electron chi connectivity index (χ2n) is 9.02. The molecule has 0 unspecified atom stereocenters. The summed E-state index contributed by atoms with van der Waals surface area (Å²) in [5.41, 5.74) is 2.28. The monoisotopic (exact) mass is 468 g/mol. The Morgan fingerprint density at radius 1 is 0.912 bits per heavy atom. The molecule has 0 spiro atoms. The fraction of sp³-hybridized carbons (Fsp3) is 0.519. The summed E-state index contributed by atoms with van der Waals surface area (Å²) >= 11 is 0. The molecule has 0 radical (unpaired) electrons. The van der Waals surface area contributed by atoms with Gasteiger partial charge in [-0.15, -0.1) is 0 Å². The highest BCUT2D eigenvalue weighted by Gasteiger charge is 2.39. The Hall–Kier alpha value is -2.93. The SMILES string of the molecule is CCOc1ccc(CN2CC[C@H]3[C@H](CCC(=O)N3Cc3cc(OC)c(OC)c(OC)c3)C2)cc1. The van der Waals surface area contributed by atoms with E-state index in [-0.39, 0.29) is 11.9 Å². The number of carbonyl (C=O) groups excluding carboxylic acids is 1. The minimum absolute atomic E-state index is 0.231. The zero-order valence-electron chi connectivity index (χ0n) is 20.7. The first-order valence-corrected chi connectivity index (χ1v) is 12.1. The predicted molar refractivity (Wildman–Crippen MR) is 131 cm³/mol. The van der Waals surface area contributed by atoms with Crippen molar-refractivity contribution >= 4 is 5.91 Å². The lowest BCUT2D eigenvalue weighted by Crippen LogP contribution is -2.55. The van der Waals surface area contributed by atoms with Gasteiger partial charge >= 0.3 is 0 Å². The van der Waals surface area contributed by atoms with E-state index in [1.807, 2.05) is 31.2 Å². The zero-order valence-corrected chi connectivity index (χ0v) is 20.7. The van der Waals surface area contributed by atoms with Crippen LogP contribution < -0.4 is 18.9 Å². The average molecular weight is 469 g/mol. The summed E-state index contributed by atoms with van der Waals surface area (Å²) in [5.74, 6) is 3.43. The van der Waals surface area contributed by atoms with E-state index in [1.165, 1.54) is 5.56 Å². The molecule has 0 aromatic heterocycles. The fourth-order valence-electron chi connectivity index (χ4n) is 5.31. The van der Waals surface area contributed by atoms with Crippen molar-refractivity contribution in [2.45, 2.75) is 45.3 Å². The van der Waals surface area contributed by atoms with Crippen molar-refractivity contribution in [1.82, 2.24) is 9.80 Å². The number of carbonyl (C=O) groups is 1. The number of piperidine rings is 2. The Morgan fingerprint density at radius 2 is 1.62 bits per heavy atom. The molecule has 2 atom stereocenters. The molecule has 2 aromatic rings. The van der Waals surface area contributed by atoms with Crippen LogP contribution in [0.1, 0.15) is 37.3 Å². The van der Waals surface area contributed by atoms with Crippen molar-refractivity contribution in [3.63, 3.8) is 0 Å². The van der Waals surface area contributed by atoms with Gasteiger partial charge in [-0.25, -0.2) is 0 Å². The van der Waals surface area contributed by atoms with E-state index in [2.05, 4.69) is 21.9 Å². The number of fused-ring (bicyclic) bond motifs is 1. The zero-order chi connectivity index (χ0) is 24.1. The van der Waals surface area contributed by atoms with E-state index in [0.717, 1.165) is 43.8 Å². The molecule has 34 heavy (non-hydrogen) atoms. The molecule has 2 aromatic carbocycles. The van der Waals surface area contributed by atoms with Gasteiger partial charge in [-0.05, 0) is 61.1 Å². The third kappa shape index (κ3) is 5.25. The first kappa shape index (κ1) is 24.2. The van der Waals surface area contributed by atoms with Gasteiger partial charge in [-0.3, -0.25) is 9.69 Å². The van der Waals surface area contributed by atoms with Crippen LogP contribution in [0.2, 0.25) is 0 Å². The van der Waals surface area contributed by atoms with Crippen molar-refractivity contribution in [3.8, 4) is 23.0 Å². The summed E-state index contributed by atoms with van der Waals surface area (Å²) in [4.78, 5) is 17.5. The molecule has 2 saturated heterocycles. The van der Waals surface area contributed by atoms with Crippen LogP contribution in [0.25, 0.3) is 0 Å². The first-order chi connectivity index (χ1) is 16.6. The number of amides is 1. The molecule has 4 rings (SSSR count). The maximum absolute atomic E-state index is 13.0. The van der Waals surface area contributed by atoms with Crippen LogP contribution >= 0.6 is 0 Å². The normalized spacial score (nSPS) is 20.6. The second-order valence-corrected chi connectivity index (χ2v) is 9.02. The lowest BCUT2D eigenvalue weighted by molar-refractivity contribution is -0.142. The van der Waals surface area contributed by atoms with Gasteiger partial charge in [0.1, 0.15) is 5.75 Å². The van der Waals surface area contributed by atoms with Crippen LogP contribution in [-0.4, -0.2) is 62.8 Å². The van der Waals surface area contributed by atoms with Gasteiger partial charge in [-0.1, -0.05) is 12.1 Å². The molecule has 0 saturated carbocycles. The molecule has 184 valence electrons. The van der Waals surface area contributed by atoms with Gasteiger partial charge in [0.2, 0.25) is 11.7 Å². The third-order valence-corrected chi connectivity index (χ3v) is 6.95. The number of likely N-dealkylation sites (tertiary alicyclic amines) is 2. The molecule has 1 amide bonds. The summed E-state index contributed by atoms with van der Waals surface area (Å²) < 4.78 is 22.0. The van der Waals surface area contributed by atoms with Crippen LogP contribution in [0.15, 0.2) is 36.4 Å². The summed E-state index contributed by atoms with van der Waals surface area (Å²) in [6.45, 7) is 6.15. The van der Waals surface area contributed by atoms with Crippen LogP contribution in [0.4, 0.5) is 0 Å². The Balaban J connectivity index is 1.44. The average Bonchev–Trinajstić information content (AvgIpc) is 2.86. The van der Waals surface area contributed by atoms with E-state index >= 15 is 0 Å². The minimum atomic E-state index is 0.231. The van der Waals surface area contributed by atoms with Gasteiger partial charge in [0.15, 0.2) is 11.5 Å². The quantitative estimate of drug-likeness (QED) is 0.552. The highest BCUT2D eigenvalue weighted by molar-refractivity contribution is 5.77. The molecule has 2 fully saturated rings. The number of nitrogens with zero attached hydrogens (tertiary/aromatic N) is 2. The van der Waals surface area contributed by atoms with Crippen molar-refractivity contribution in [2.75, 3.05) is 41.0 Å².